The van der Waals surface area contributed by atoms with Crippen molar-refractivity contribution in [3.05, 3.63) is 30.1 Å². The lowest BCUT2D eigenvalue weighted by Gasteiger charge is -2.22. The molecular formula is C15H20N4O2. The fourth-order valence-electron chi connectivity index (χ4n) is 2.62. The number of nitrogens with zero attached hydrogens (tertiary/aromatic N) is 2. The van der Waals surface area contributed by atoms with E-state index in [9.17, 15) is 4.79 Å². The summed E-state index contributed by atoms with van der Waals surface area (Å²) in [4.78, 5) is 16.5. The maximum atomic E-state index is 12.0. The smallest absolute Gasteiger partial charge is 0.250 e. The van der Waals surface area contributed by atoms with Crippen LogP contribution in [0.4, 0.5) is 0 Å². The molecule has 0 spiro atoms. The van der Waals surface area contributed by atoms with Crippen LogP contribution >= 0.6 is 0 Å². The number of imidazole rings is 1. The summed E-state index contributed by atoms with van der Waals surface area (Å²) in [5.74, 6) is 0.908. The highest BCUT2D eigenvalue weighted by Gasteiger charge is 2.21. The predicted molar refractivity (Wildman–Crippen MR) is 80.1 cm³/mol. The number of amides is 1. The van der Waals surface area contributed by atoms with Crippen molar-refractivity contribution < 1.29 is 9.53 Å². The van der Waals surface area contributed by atoms with Crippen LogP contribution in [0.25, 0.3) is 11.0 Å². The van der Waals surface area contributed by atoms with Gasteiger partial charge in [-0.1, -0.05) is 12.1 Å². The summed E-state index contributed by atoms with van der Waals surface area (Å²) in [6.45, 7) is 5.24. The zero-order valence-corrected chi connectivity index (χ0v) is 12.1. The molecule has 6 heteroatoms. The fourth-order valence-corrected chi connectivity index (χ4v) is 2.62. The highest BCUT2D eigenvalue weighted by atomic mass is 16.5. The molecule has 1 aromatic heterocycles. The molecule has 112 valence electrons. The molecule has 1 fully saturated rings. The number of ether oxygens (including phenoxy) is 1. The third-order valence-corrected chi connectivity index (χ3v) is 3.70. The molecule has 1 aromatic carbocycles. The molecule has 2 N–H and O–H groups in total. The van der Waals surface area contributed by atoms with Crippen molar-refractivity contribution in [1.82, 2.24) is 20.2 Å². The molecule has 0 unspecified atom stereocenters. The van der Waals surface area contributed by atoms with Crippen LogP contribution in [-0.4, -0.2) is 47.8 Å². The van der Waals surface area contributed by atoms with Crippen molar-refractivity contribution in [2.75, 3.05) is 26.2 Å². The molecule has 1 aliphatic rings. The fraction of sp³-hybridized carbons (Fsp3) is 0.467. The van der Waals surface area contributed by atoms with Crippen LogP contribution in [0.5, 0.6) is 0 Å². The number of carbonyl (C=O) groups excluding carboxylic acids is 1. The Bertz CT molecular complexity index is 632. The van der Waals surface area contributed by atoms with Crippen LogP contribution in [0.2, 0.25) is 0 Å². The first kappa shape index (κ1) is 14.0. The van der Waals surface area contributed by atoms with Gasteiger partial charge in [-0.05, 0) is 19.1 Å². The standard InChI is InChI=1S/C15H20N4O2/c1-11-18-12-4-2-3-5-13(12)19(11)8-6-17-15(20)14-10-16-7-9-21-14/h2-5,14,16H,6-10H2,1H3,(H,17,20)/t14-/m1/s1. The number of rotatable bonds is 4. The number of aryl methyl sites for hydroxylation is 1. The highest BCUT2D eigenvalue weighted by molar-refractivity contribution is 5.81. The van der Waals surface area contributed by atoms with Crippen molar-refractivity contribution in [2.24, 2.45) is 0 Å². The van der Waals surface area contributed by atoms with E-state index in [4.69, 9.17) is 4.74 Å². The Balaban J connectivity index is 1.59. The first-order valence-electron chi connectivity index (χ1n) is 7.27. The van der Waals surface area contributed by atoms with Gasteiger partial charge in [-0.2, -0.15) is 0 Å². The minimum atomic E-state index is -0.376. The van der Waals surface area contributed by atoms with Gasteiger partial charge in [0.2, 0.25) is 0 Å². The molecule has 1 atom stereocenters. The minimum Gasteiger partial charge on any atom is -0.366 e. The molecule has 21 heavy (non-hydrogen) atoms. The van der Waals surface area contributed by atoms with Crippen LogP contribution < -0.4 is 10.6 Å². The minimum absolute atomic E-state index is 0.0516. The van der Waals surface area contributed by atoms with Gasteiger partial charge in [-0.3, -0.25) is 4.79 Å². The van der Waals surface area contributed by atoms with E-state index < -0.39 is 0 Å². The maximum Gasteiger partial charge on any atom is 0.250 e. The van der Waals surface area contributed by atoms with Gasteiger partial charge in [0.25, 0.3) is 5.91 Å². The monoisotopic (exact) mass is 288 g/mol. The van der Waals surface area contributed by atoms with E-state index in [0.717, 1.165) is 23.4 Å². The average Bonchev–Trinajstić information content (AvgIpc) is 2.84. The number of aromatic nitrogens is 2. The number of benzene rings is 1. The molecule has 1 amide bonds. The Morgan fingerprint density at radius 1 is 1.52 bits per heavy atom. The Hall–Kier alpha value is -1.92. The molecule has 2 heterocycles. The molecular weight excluding hydrogens is 268 g/mol. The zero-order chi connectivity index (χ0) is 14.7. The number of hydrogen-bond acceptors (Lipinski definition) is 4. The number of carbonyl (C=O) groups is 1. The van der Waals surface area contributed by atoms with Gasteiger partial charge >= 0.3 is 0 Å². The third kappa shape index (κ3) is 3.06. The number of hydrogen-bond donors (Lipinski definition) is 2. The van der Waals surface area contributed by atoms with E-state index in [1.807, 2.05) is 31.2 Å². The normalized spacial score (nSPS) is 18.8. The number of morpholine rings is 1. The van der Waals surface area contributed by atoms with Crippen LogP contribution in [0.15, 0.2) is 24.3 Å². The second-order valence-electron chi connectivity index (χ2n) is 5.15. The summed E-state index contributed by atoms with van der Waals surface area (Å²) in [5, 5.41) is 6.08. The summed E-state index contributed by atoms with van der Waals surface area (Å²) in [6, 6.07) is 8.03. The van der Waals surface area contributed by atoms with Crippen molar-refractivity contribution in [1.29, 1.82) is 0 Å². The van der Waals surface area contributed by atoms with E-state index in [1.165, 1.54) is 0 Å². The quantitative estimate of drug-likeness (QED) is 0.857. The largest absolute Gasteiger partial charge is 0.366 e. The van der Waals surface area contributed by atoms with E-state index in [2.05, 4.69) is 20.2 Å². The Morgan fingerprint density at radius 2 is 2.38 bits per heavy atom. The summed E-state index contributed by atoms with van der Waals surface area (Å²) in [7, 11) is 0. The van der Waals surface area contributed by atoms with Gasteiger partial charge < -0.3 is 19.9 Å². The Labute approximate surface area is 123 Å². The molecule has 3 rings (SSSR count). The number of para-hydroxylation sites is 2. The van der Waals surface area contributed by atoms with Gasteiger partial charge in [0, 0.05) is 26.2 Å². The lowest BCUT2D eigenvalue weighted by Crippen LogP contribution is -2.48. The Kier molecular flexibility index (Phi) is 4.17. The second kappa shape index (κ2) is 6.24. The van der Waals surface area contributed by atoms with Gasteiger partial charge in [0.05, 0.1) is 17.6 Å². The van der Waals surface area contributed by atoms with E-state index in [0.29, 0.717) is 26.2 Å². The SMILES string of the molecule is Cc1nc2ccccc2n1CCNC(=O)[C@H]1CNCCO1. The van der Waals surface area contributed by atoms with E-state index in [1.54, 1.807) is 0 Å². The summed E-state index contributed by atoms with van der Waals surface area (Å²) >= 11 is 0. The molecule has 2 aromatic rings. The average molecular weight is 288 g/mol. The summed E-state index contributed by atoms with van der Waals surface area (Å²) in [5.41, 5.74) is 2.08. The summed E-state index contributed by atoms with van der Waals surface area (Å²) < 4.78 is 7.55. The van der Waals surface area contributed by atoms with Gasteiger partial charge in [0.15, 0.2) is 0 Å². The molecule has 6 nitrogen and oxygen atoms in total. The van der Waals surface area contributed by atoms with Gasteiger partial charge in [-0.15, -0.1) is 0 Å². The lowest BCUT2D eigenvalue weighted by molar-refractivity contribution is -0.134. The third-order valence-electron chi connectivity index (χ3n) is 3.70. The van der Waals surface area contributed by atoms with Crippen LogP contribution in [0, 0.1) is 6.92 Å². The molecule has 0 radical (unpaired) electrons. The molecule has 0 bridgehead atoms. The number of fused-ring (bicyclic) bond motifs is 1. The molecule has 1 saturated heterocycles. The molecule has 0 saturated carbocycles. The first-order valence-corrected chi connectivity index (χ1v) is 7.27. The van der Waals surface area contributed by atoms with Crippen LogP contribution in [-0.2, 0) is 16.1 Å². The predicted octanol–water partition coefficient (Wildman–Crippen LogP) is 0.449. The summed E-state index contributed by atoms with van der Waals surface area (Å²) in [6.07, 6.45) is -0.376. The highest BCUT2D eigenvalue weighted by Crippen LogP contribution is 2.14. The number of nitrogens with one attached hydrogen (secondary N) is 2. The van der Waals surface area contributed by atoms with E-state index in [-0.39, 0.29) is 12.0 Å². The molecule has 0 aliphatic carbocycles. The van der Waals surface area contributed by atoms with Crippen molar-refractivity contribution in [3.8, 4) is 0 Å². The van der Waals surface area contributed by atoms with Crippen molar-refractivity contribution in [2.45, 2.75) is 19.6 Å². The van der Waals surface area contributed by atoms with Crippen molar-refractivity contribution >= 4 is 16.9 Å². The van der Waals surface area contributed by atoms with Crippen LogP contribution in [0.1, 0.15) is 5.82 Å². The van der Waals surface area contributed by atoms with E-state index >= 15 is 0 Å². The maximum absolute atomic E-state index is 12.0. The Morgan fingerprint density at radius 3 is 3.19 bits per heavy atom. The first-order chi connectivity index (χ1) is 10.3. The van der Waals surface area contributed by atoms with Crippen molar-refractivity contribution in [3.63, 3.8) is 0 Å². The van der Waals surface area contributed by atoms with Gasteiger partial charge in [0.1, 0.15) is 11.9 Å². The zero-order valence-electron chi connectivity index (χ0n) is 12.1. The topological polar surface area (TPSA) is 68.2 Å². The lowest BCUT2D eigenvalue weighted by atomic mass is 10.3. The second-order valence-corrected chi connectivity index (χ2v) is 5.15. The molecule has 1 aliphatic heterocycles. The van der Waals surface area contributed by atoms with Gasteiger partial charge in [-0.25, -0.2) is 4.98 Å². The van der Waals surface area contributed by atoms with Crippen LogP contribution in [0.3, 0.4) is 0 Å².